The summed E-state index contributed by atoms with van der Waals surface area (Å²) in [5, 5.41) is 22.2. The van der Waals surface area contributed by atoms with Crippen LogP contribution in [0.15, 0.2) is 66.7 Å². The molecule has 0 saturated carbocycles. The van der Waals surface area contributed by atoms with E-state index in [0.717, 1.165) is 42.8 Å². The summed E-state index contributed by atoms with van der Waals surface area (Å²) in [5.74, 6) is -0.00378. The van der Waals surface area contributed by atoms with Gasteiger partial charge in [-0.25, -0.2) is 0 Å². The SMILES string of the molecule is C\C=C/C=C(\C=C\NC(=O)C1C=C(c2cnc3c(c2)CN(C)CC3)C=CN1)C(=N)N(C=N)C(C)CC. The van der Waals surface area contributed by atoms with Gasteiger partial charge in [0.2, 0.25) is 5.91 Å². The molecule has 0 aliphatic carbocycles. The third-order valence-electron chi connectivity index (χ3n) is 6.42. The van der Waals surface area contributed by atoms with Crippen molar-refractivity contribution in [2.45, 2.75) is 52.2 Å². The van der Waals surface area contributed by atoms with Crippen molar-refractivity contribution in [3.8, 4) is 0 Å². The molecule has 0 saturated heterocycles. The number of amidine groups is 1. The van der Waals surface area contributed by atoms with Crippen LogP contribution < -0.4 is 10.6 Å². The molecule has 3 heterocycles. The number of carbonyl (C=O) groups is 1. The zero-order valence-electron chi connectivity index (χ0n) is 21.6. The summed E-state index contributed by atoms with van der Waals surface area (Å²) in [6.45, 7) is 7.79. The molecule has 0 bridgehead atoms. The number of hydrogen-bond donors (Lipinski definition) is 4. The molecule has 190 valence electrons. The highest BCUT2D eigenvalue weighted by Gasteiger charge is 2.20. The zero-order chi connectivity index (χ0) is 26.1. The Labute approximate surface area is 214 Å². The molecule has 0 fully saturated rings. The van der Waals surface area contributed by atoms with Crippen LogP contribution in [0.2, 0.25) is 0 Å². The smallest absolute Gasteiger partial charge is 0.250 e. The number of amides is 1. The Morgan fingerprint density at radius 1 is 1.44 bits per heavy atom. The normalized spacial score (nSPS) is 18.9. The van der Waals surface area contributed by atoms with E-state index in [9.17, 15) is 4.79 Å². The van der Waals surface area contributed by atoms with Gasteiger partial charge in [-0.3, -0.25) is 20.6 Å². The first-order valence-corrected chi connectivity index (χ1v) is 12.4. The van der Waals surface area contributed by atoms with E-state index in [1.165, 1.54) is 11.9 Å². The molecule has 2 aliphatic rings. The predicted octanol–water partition coefficient (Wildman–Crippen LogP) is 3.76. The molecular weight excluding hydrogens is 450 g/mol. The first kappa shape index (κ1) is 26.8. The number of hydrogen-bond acceptors (Lipinski definition) is 6. The first-order chi connectivity index (χ1) is 17.4. The van der Waals surface area contributed by atoms with E-state index in [4.69, 9.17) is 10.8 Å². The molecule has 1 aromatic heterocycles. The van der Waals surface area contributed by atoms with E-state index in [0.29, 0.717) is 5.57 Å². The van der Waals surface area contributed by atoms with Crippen LogP contribution in [0.25, 0.3) is 5.57 Å². The van der Waals surface area contributed by atoms with E-state index < -0.39 is 6.04 Å². The highest BCUT2D eigenvalue weighted by atomic mass is 16.2. The van der Waals surface area contributed by atoms with Crippen molar-refractivity contribution in [2.75, 3.05) is 13.6 Å². The number of fused-ring (bicyclic) bond motifs is 1. The topological polar surface area (TPSA) is 108 Å². The standard InChI is InChI=1S/C28H37N7O/c1-5-7-8-21(27(30)35(19-29)20(3)6-2)9-13-32-28(36)26-16-22(10-12-31-26)23-15-24-18-34(4)14-11-25(24)33-17-23/h5,7-10,12-13,15-17,19-20,26,29-31H,6,11,14,18H2,1-4H3,(H,32,36)/b7-5-,13-9+,21-8+,29-19?,30-27?. The fourth-order valence-corrected chi connectivity index (χ4v) is 4.07. The van der Waals surface area contributed by atoms with Crippen molar-refractivity contribution in [3.05, 3.63) is 83.5 Å². The fraction of sp³-hybridized carbons (Fsp3) is 0.357. The van der Waals surface area contributed by atoms with Gasteiger partial charge in [0.25, 0.3) is 0 Å². The first-order valence-electron chi connectivity index (χ1n) is 12.4. The lowest BCUT2D eigenvalue weighted by molar-refractivity contribution is -0.120. The third-order valence-corrected chi connectivity index (χ3v) is 6.42. The quantitative estimate of drug-likeness (QED) is 0.241. The average Bonchev–Trinajstić information content (AvgIpc) is 2.90. The molecule has 0 spiro atoms. The molecule has 4 N–H and O–H groups in total. The Morgan fingerprint density at radius 3 is 2.97 bits per heavy atom. The van der Waals surface area contributed by atoms with Gasteiger partial charge < -0.3 is 20.4 Å². The zero-order valence-corrected chi connectivity index (χ0v) is 21.6. The predicted molar refractivity (Wildman–Crippen MR) is 147 cm³/mol. The van der Waals surface area contributed by atoms with Gasteiger partial charge in [0.15, 0.2) is 0 Å². The maximum Gasteiger partial charge on any atom is 0.250 e. The molecule has 8 heteroatoms. The van der Waals surface area contributed by atoms with E-state index in [2.05, 4.69) is 33.6 Å². The number of nitrogens with one attached hydrogen (secondary N) is 4. The van der Waals surface area contributed by atoms with Crippen molar-refractivity contribution >= 4 is 23.7 Å². The highest BCUT2D eigenvalue weighted by molar-refractivity contribution is 6.04. The van der Waals surface area contributed by atoms with Gasteiger partial charge in [-0.15, -0.1) is 0 Å². The fourth-order valence-electron chi connectivity index (χ4n) is 4.07. The second-order valence-corrected chi connectivity index (χ2v) is 9.05. The van der Waals surface area contributed by atoms with Gasteiger partial charge in [0.05, 0.1) is 6.34 Å². The summed E-state index contributed by atoms with van der Waals surface area (Å²) in [5.41, 5.74) is 4.92. The maximum absolute atomic E-state index is 12.9. The largest absolute Gasteiger partial charge is 0.376 e. The number of dihydropyridines is 1. The number of likely N-dealkylation sites (N-methyl/N-ethyl adjacent to an activating group) is 1. The van der Waals surface area contributed by atoms with Crippen molar-refractivity contribution in [3.63, 3.8) is 0 Å². The molecule has 2 atom stereocenters. The number of nitrogens with zero attached hydrogens (tertiary/aromatic N) is 3. The molecular formula is C28H37N7O. The summed E-state index contributed by atoms with van der Waals surface area (Å²) in [6.07, 6.45) is 19.2. The molecule has 3 rings (SSSR count). The molecule has 0 radical (unpaired) electrons. The van der Waals surface area contributed by atoms with Crippen LogP contribution in [-0.2, 0) is 17.8 Å². The molecule has 2 aliphatic heterocycles. The minimum absolute atomic E-state index is 0.0206. The third kappa shape index (κ3) is 6.66. The Balaban J connectivity index is 1.71. The Hall–Kier alpha value is -3.78. The summed E-state index contributed by atoms with van der Waals surface area (Å²) in [4.78, 5) is 21.5. The maximum atomic E-state index is 12.9. The van der Waals surface area contributed by atoms with Crippen LogP contribution in [-0.4, -0.2) is 58.5 Å². The number of pyridine rings is 1. The minimum atomic E-state index is -0.533. The summed E-state index contributed by atoms with van der Waals surface area (Å²) in [6, 6.07) is 1.66. The van der Waals surface area contributed by atoms with Gasteiger partial charge in [0.1, 0.15) is 11.9 Å². The monoisotopic (exact) mass is 487 g/mol. The van der Waals surface area contributed by atoms with Crippen LogP contribution in [0.1, 0.15) is 44.0 Å². The van der Waals surface area contributed by atoms with Crippen LogP contribution >= 0.6 is 0 Å². The molecule has 1 aromatic rings. The lowest BCUT2D eigenvalue weighted by Crippen LogP contribution is -2.40. The Kier molecular flexibility index (Phi) is 9.53. The second kappa shape index (κ2) is 12.8. The van der Waals surface area contributed by atoms with E-state index >= 15 is 0 Å². The Bertz CT molecular complexity index is 1130. The average molecular weight is 488 g/mol. The van der Waals surface area contributed by atoms with Crippen LogP contribution in [0.3, 0.4) is 0 Å². The number of allylic oxidation sites excluding steroid dienone is 5. The van der Waals surface area contributed by atoms with Gasteiger partial charge in [-0.2, -0.15) is 0 Å². The molecule has 8 nitrogen and oxygen atoms in total. The van der Waals surface area contributed by atoms with Gasteiger partial charge in [-0.05, 0) is 68.9 Å². The van der Waals surface area contributed by atoms with Crippen LogP contribution in [0.4, 0.5) is 0 Å². The van der Waals surface area contributed by atoms with Crippen molar-refractivity contribution in [1.29, 1.82) is 10.8 Å². The van der Waals surface area contributed by atoms with Crippen LogP contribution in [0, 0.1) is 10.8 Å². The van der Waals surface area contributed by atoms with Crippen LogP contribution in [0.5, 0.6) is 0 Å². The lowest BCUT2D eigenvalue weighted by atomic mass is 9.98. The van der Waals surface area contributed by atoms with E-state index in [-0.39, 0.29) is 17.8 Å². The number of carbonyl (C=O) groups excluding carboxylic acids is 1. The van der Waals surface area contributed by atoms with Crippen molar-refractivity contribution in [2.24, 2.45) is 0 Å². The summed E-state index contributed by atoms with van der Waals surface area (Å²) in [7, 11) is 2.11. The van der Waals surface area contributed by atoms with Gasteiger partial charge >= 0.3 is 0 Å². The Morgan fingerprint density at radius 2 is 2.25 bits per heavy atom. The van der Waals surface area contributed by atoms with Gasteiger partial charge in [-0.1, -0.05) is 25.2 Å². The van der Waals surface area contributed by atoms with Gasteiger partial charge in [0, 0.05) is 54.8 Å². The minimum Gasteiger partial charge on any atom is -0.376 e. The molecule has 0 aromatic carbocycles. The summed E-state index contributed by atoms with van der Waals surface area (Å²) >= 11 is 0. The highest BCUT2D eigenvalue weighted by Crippen LogP contribution is 2.24. The summed E-state index contributed by atoms with van der Waals surface area (Å²) < 4.78 is 0. The van der Waals surface area contributed by atoms with Crippen molar-refractivity contribution < 1.29 is 4.79 Å². The second-order valence-electron chi connectivity index (χ2n) is 9.05. The number of rotatable bonds is 9. The molecule has 2 unspecified atom stereocenters. The number of aromatic nitrogens is 1. The van der Waals surface area contributed by atoms with E-state index in [1.807, 2.05) is 51.3 Å². The molecule has 36 heavy (non-hydrogen) atoms. The van der Waals surface area contributed by atoms with E-state index in [1.54, 1.807) is 29.5 Å². The molecule has 1 amide bonds. The lowest BCUT2D eigenvalue weighted by Gasteiger charge is -2.26. The van der Waals surface area contributed by atoms with Crippen molar-refractivity contribution in [1.82, 2.24) is 25.4 Å².